The smallest absolute Gasteiger partial charge is 0.164 e. The standard InChI is InChI=1S/C70H43N3O2/c1-4-18-44(19-5-1)45-20-15-23-49(41-45)67-71-68(50-37-39-62-57(43-50)54-28-11-13-34-61(54)74-62)73-69(72-67)56-31-17-35-64-66(56)58-42-47(36-38-63(58)75-64)46-21-14-22-48(40-46)53-30-16-33-60-65(53)55-29-10-12-32-59(55)70(60,51-24-6-2-7-25-51)52-26-8-3-9-27-52/h1-43H. The van der Waals surface area contributed by atoms with Crippen molar-refractivity contribution in [2.24, 2.45) is 0 Å². The van der Waals surface area contributed by atoms with E-state index in [4.69, 9.17) is 23.8 Å². The van der Waals surface area contributed by atoms with E-state index in [1.54, 1.807) is 0 Å². The second-order valence-electron chi connectivity index (χ2n) is 19.4. The molecule has 350 valence electrons. The average Bonchev–Trinajstić information content (AvgIpc) is 4.19. The van der Waals surface area contributed by atoms with Crippen LogP contribution >= 0.6 is 0 Å². The third-order valence-corrected chi connectivity index (χ3v) is 15.2. The van der Waals surface area contributed by atoms with Crippen molar-refractivity contribution in [3.05, 3.63) is 283 Å². The molecule has 0 atom stereocenters. The summed E-state index contributed by atoms with van der Waals surface area (Å²) in [6, 6.07) is 92.5. The van der Waals surface area contributed by atoms with E-state index in [0.29, 0.717) is 17.5 Å². The first-order chi connectivity index (χ1) is 37.2. The molecule has 0 bridgehead atoms. The predicted molar refractivity (Wildman–Crippen MR) is 304 cm³/mol. The van der Waals surface area contributed by atoms with E-state index in [2.05, 4.69) is 212 Å². The molecular weight excluding hydrogens is 915 g/mol. The Labute approximate surface area is 432 Å². The maximum atomic E-state index is 6.67. The summed E-state index contributed by atoms with van der Waals surface area (Å²) in [4.78, 5) is 15.8. The number of rotatable bonds is 8. The number of para-hydroxylation sites is 1. The SMILES string of the molecule is c1ccc(-c2cccc(-c3nc(-c4ccc5oc6ccccc6c5c4)nc(-c4cccc5oc6ccc(-c7cccc(-c8cccc9c8-c8ccccc8C9(c8ccccc8)c8ccccc8)c7)cc6c45)n3)c2)cc1. The zero-order valence-corrected chi connectivity index (χ0v) is 40.5. The third-order valence-electron chi connectivity index (χ3n) is 15.2. The molecule has 0 spiro atoms. The molecule has 1 aliphatic rings. The number of fused-ring (bicyclic) bond motifs is 9. The van der Waals surface area contributed by atoms with Gasteiger partial charge in [-0.1, -0.05) is 206 Å². The monoisotopic (exact) mass is 957 g/mol. The highest BCUT2D eigenvalue weighted by Gasteiger charge is 2.46. The van der Waals surface area contributed by atoms with Crippen LogP contribution in [0.15, 0.2) is 270 Å². The molecule has 3 aromatic heterocycles. The molecule has 3 heterocycles. The largest absolute Gasteiger partial charge is 0.456 e. The maximum absolute atomic E-state index is 6.67. The minimum absolute atomic E-state index is 0.484. The van der Waals surface area contributed by atoms with Crippen LogP contribution in [0.1, 0.15) is 22.3 Å². The molecule has 0 saturated carbocycles. The van der Waals surface area contributed by atoms with Gasteiger partial charge in [-0.05, 0) is 121 Å². The summed E-state index contributed by atoms with van der Waals surface area (Å²) in [6.45, 7) is 0. The summed E-state index contributed by atoms with van der Waals surface area (Å²) in [5.74, 6) is 1.69. The van der Waals surface area contributed by atoms with E-state index in [1.807, 2.05) is 48.5 Å². The molecule has 14 aromatic rings. The van der Waals surface area contributed by atoms with E-state index in [9.17, 15) is 0 Å². The molecule has 5 heteroatoms. The van der Waals surface area contributed by atoms with E-state index in [0.717, 1.165) is 88.4 Å². The van der Waals surface area contributed by atoms with Crippen molar-refractivity contribution in [3.63, 3.8) is 0 Å². The Bertz CT molecular complexity index is 4500. The van der Waals surface area contributed by atoms with E-state index < -0.39 is 5.41 Å². The number of furan rings is 2. The molecule has 5 nitrogen and oxygen atoms in total. The van der Waals surface area contributed by atoms with Gasteiger partial charge in [-0.25, -0.2) is 15.0 Å². The molecule has 0 radical (unpaired) electrons. The second kappa shape index (κ2) is 17.1. The van der Waals surface area contributed by atoms with Crippen molar-refractivity contribution in [1.29, 1.82) is 0 Å². The topological polar surface area (TPSA) is 65.0 Å². The van der Waals surface area contributed by atoms with Gasteiger partial charge < -0.3 is 8.83 Å². The highest BCUT2D eigenvalue weighted by atomic mass is 16.3. The fraction of sp³-hybridized carbons (Fsp3) is 0.0143. The first-order valence-electron chi connectivity index (χ1n) is 25.4. The van der Waals surface area contributed by atoms with Gasteiger partial charge in [0.2, 0.25) is 0 Å². The van der Waals surface area contributed by atoms with Crippen molar-refractivity contribution < 1.29 is 8.83 Å². The minimum Gasteiger partial charge on any atom is -0.456 e. The molecule has 0 unspecified atom stereocenters. The molecule has 1 aliphatic carbocycles. The summed E-state index contributed by atoms with van der Waals surface area (Å²) in [5, 5.41) is 3.97. The zero-order chi connectivity index (χ0) is 49.5. The lowest BCUT2D eigenvalue weighted by Gasteiger charge is -2.34. The molecule has 0 fully saturated rings. The molecule has 11 aromatic carbocycles. The van der Waals surface area contributed by atoms with Crippen LogP contribution in [-0.4, -0.2) is 15.0 Å². The Kier molecular flexibility index (Phi) is 9.72. The van der Waals surface area contributed by atoms with Crippen LogP contribution < -0.4 is 0 Å². The molecule has 0 aliphatic heterocycles. The Balaban J connectivity index is 0.882. The predicted octanol–water partition coefficient (Wildman–Crippen LogP) is 18.0. The Morgan fingerprint density at radius 2 is 0.733 bits per heavy atom. The first kappa shape index (κ1) is 42.7. The van der Waals surface area contributed by atoms with Crippen LogP contribution in [0.5, 0.6) is 0 Å². The number of nitrogens with zero attached hydrogens (tertiary/aromatic N) is 3. The van der Waals surface area contributed by atoms with Gasteiger partial charge in [0.1, 0.15) is 22.3 Å². The highest BCUT2D eigenvalue weighted by Crippen LogP contribution is 2.58. The maximum Gasteiger partial charge on any atom is 0.164 e. The van der Waals surface area contributed by atoms with Gasteiger partial charge in [0, 0.05) is 38.2 Å². The average molecular weight is 958 g/mol. The lowest BCUT2D eigenvalue weighted by Crippen LogP contribution is -2.28. The van der Waals surface area contributed by atoms with E-state index in [-0.39, 0.29) is 0 Å². The van der Waals surface area contributed by atoms with Crippen molar-refractivity contribution >= 4 is 43.9 Å². The fourth-order valence-corrected chi connectivity index (χ4v) is 11.9. The van der Waals surface area contributed by atoms with Crippen LogP contribution in [0.4, 0.5) is 0 Å². The lowest BCUT2D eigenvalue weighted by atomic mass is 9.67. The van der Waals surface area contributed by atoms with Gasteiger partial charge in [0.25, 0.3) is 0 Å². The van der Waals surface area contributed by atoms with E-state index in [1.165, 1.54) is 38.9 Å². The number of benzene rings is 11. The summed E-state index contributed by atoms with van der Waals surface area (Å²) >= 11 is 0. The van der Waals surface area contributed by atoms with Crippen LogP contribution in [0.2, 0.25) is 0 Å². The van der Waals surface area contributed by atoms with Gasteiger partial charge in [0.15, 0.2) is 17.5 Å². The van der Waals surface area contributed by atoms with Gasteiger partial charge >= 0.3 is 0 Å². The number of hydrogen-bond acceptors (Lipinski definition) is 5. The Hall–Kier alpha value is -9.97. The summed E-state index contributed by atoms with van der Waals surface area (Å²) in [5.41, 5.74) is 19.6. The Morgan fingerprint density at radius 1 is 0.267 bits per heavy atom. The Morgan fingerprint density at radius 3 is 1.52 bits per heavy atom. The minimum atomic E-state index is -0.484. The van der Waals surface area contributed by atoms with Gasteiger partial charge in [0.05, 0.1) is 5.41 Å². The molecule has 0 saturated heterocycles. The zero-order valence-electron chi connectivity index (χ0n) is 40.5. The normalized spacial score (nSPS) is 12.6. The molecule has 0 amide bonds. The fourth-order valence-electron chi connectivity index (χ4n) is 11.9. The second-order valence-corrected chi connectivity index (χ2v) is 19.4. The molecule has 0 N–H and O–H groups in total. The van der Waals surface area contributed by atoms with Gasteiger partial charge in [-0.15, -0.1) is 0 Å². The van der Waals surface area contributed by atoms with Crippen molar-refractivity contribution in [2.45, 2.75) is 5.41 Å². The summed E-state index contributed by atoms with van der Waals surface area (Å²) in [6.07, 6.45) is 0. The van der Waals surface area contributed by atoms with Crippen LogP contribution in [0.25, 0.3) is 123 Å². The van der Waals surface area contributed by atoms with Crippen molar-refractivity contribution in [3.8, 4) is 78.7 Å². The molecule has 75 heavy (non-hydrogen) atoms. The van der Waals surface area contributed by atoms with Gasteiger partial charge in [-0.3, -0.25) is 0 Å². The highest BCUT2D eigenvalue weighted by molar-refractivity contribution is 6.13. The molecule has 15 rings (SSSR count). The molecular formula is C70H43N3O2. The van der Waals surface area contributed by atoms with Gasteiger partial charge in [-0.2, -0.15) is 0 Å². The number of aromatic nitrogens is 3. The summed E-state index contributed by atoms with van der Waals surface area (Å²) < 4.78 is 12.9. The summed E-state index contributed by atoms with van der Waals surface area (Å²) in [7, 11) is 0. The quantitative estimate of drug-likeness (QED) is 0.152. The van der Waals surface area contributed by atoms with Crippen LogP contribution in [0.3, 0.4) is 0 Å². The third kappa shape index (κ3) is 6.82. The number of hydrogen-bond donors (Lipinski definition) is 0. The van der Waals surface area contributed by atoms with Crippen LogP contribution in [-0.2, 0) is 5.41 Å². The van der Waals surface area contributed by atoms with Crippen molar-refractivity contribution in [1.82, 2.24) is 15.0 Å². The van der Waals surface area contributed by atoms with E-state index >= 15 is 0 Å². The lowest BCUT2D eigenvalue weighted by molar-refractivity contribution is 0.668. The van der Waals surface area contributed by atoms with Crippen molar-refractivity contribution in [2.75, 3.05) is 0 Å². The first-order valence-corrected chi connectivity index (χ1v) is 25.4. The van der Waals surface area contributed by atoms with Crippen LogP contribution in [0, 0.1) is 0 Å².